The van der Waals surface area contributed by atoms with E-state index in [1.807, 2.05) is 0 Å². The number of methoxy groups -OCH3 is 1. The van der Waals surface area contributed by atoms with Crippen molar-refractivity contribution in [1.29, 1.82) is 0 Å². The zero-order chi connectivity index (χ0) is 29.3. The highest BCUT2D eigenvalue weighted by Gasteiger charge is 2.32. The topological polar surface area (TPSA) is 122 Å². The van der Waals surface area contributed by atoms with Gasteiger partial charge in [-0.2, -0.15) is 13.2 Å². The van der Waals surface area contributed by atoms with Crippen molar-refractivity contribution in [3.63, 3.8) is 0 Å². The number of carbonyl (C=O) groups excluding carboxylic acids is 3. The number of amides is 1. The third kappa shape index (κ3) is 9.04. The van der Waals surface area contributed by atoms with Gasteiger partial charge in [-0.25, -0.2) is 9.78 Å². The van der Waals surface area contributed by atoms with Gasteiger partial charge in [0.2, 0.25) is 6.79 Å². The van der Waals surface area contributed by atoms with Crippen LogP contribution in [0, 0.1) is 5.92 Å². The first-order chi connectivity index (χ1) is 18.2. The molecule has 1 amide bonds. The second-order valence-corrected chi connectivity index (χ2v) is 8.77. The number of benzene rings is 1. The van der Waals surface area contributed by atoms with E-state index in [4.69, 9.17) is 23.7 Å². The Kier molecular flexibility index (Phi) is 10.9. The molecule has 1 N–H and O–H groups in total. The van der Waals surface area contributed by atoms with Gasteiger partial charge in [-0.1, -0.05) is 13.8 Å². The number of nitrogens with one attached hydrogen (secondary N) is 1. The number of carbonyl (C=O) groups is 3. The van der Waals surface area contributed by atoms with Crippen LogP contribution in [0.25, 0.3) is 0 Å². The number of nitrogens with zero attached hydrogens (tertiary/aromatic N) is 1. The number of ether oxygens (including phenoxy) is 5. The lowest BCUT2D eigenvalue weighted by Gasteiger charge is -2.29. The number of alkyl halides is 3. The Morgan fingerprint density at radius 2 is 1.67 bits per heavy atom. The van der Waals surface area contributed by atoms with Crippen molar-refractivity contribution < 1.29 is 51.2 Å². The first kappa shape index (κ1) is 31.2. The summed E-state index contributed by atoms with van der Waals surface area (Å²) in [7, 11) is 1.34. The minimum absolute atomic E-state index is 0.0991. The monoisotopic (exact) mass is 556 g/mol. The Balaban J connectivity index is 2.08. The lowest BCUT2D eigenvalue weighted by molar-refractivity contribution is -0.158. The van der Waals surface area contributed by atoms with Gasteiger partial charge in [0.1, 0.15) is 24.0 Å². The van der Waals surface area contributed by atoms with Gasteiger partial charge in [-0.3, -0.25) is 9.59 Å². The van der Waals surface area contributed by atoms with Crippen molar-refractivity contribution >= 4 is 17.8 Å². The summed E-state index contributed by atoms with van der Waals surface area (Å²) in [5, 5.41) is 2.47. The van der Waals surface area contributed by atoms with Crippen molar-refractivity contribution in [3.05, 3.63) is 47.8 Å². The minimum Gasteiger partial charge on any atom is -0.493 e. The Morgan fingerprint density at radius 3 is 2.21 bits per heavy atom. The van der Waals surface area contributed by atoms with Gasteiger partial charge < -0.3 is 29.0 Å². The fourth-order valence-corrected chi connectivity index (χ4v) is 3.40. The lowest BCUT2D eigenvalue weighted by Crippen LogP contribution is -2.45. The number of hydrogen-bond donors (Lipinski definition) is 1. The van der Waals surface area contributed by atoms with E-state index in [0.717, 1.165) is 12.1 Å². The molecule has 2 rings (SSSR count). The summed E-state index contributed by atoms with van der Waals surface area (Å²) in [6, 6.07) is 4.46. The number of pyridine rings is 1. The highest BCUT2D eigenvalue weighted by molar-refractivity contribution is 5.98. The van der Waals surface area contributed by atoms with Crippen LogP contribution < -0.4 is 19.5 Å². The highest BCUT2D eigenvalue weighted by Crippen LogP contribution is 2.31. The molecule has 1 aromatic heterocycles. The van der Waals surface area contributed by atoms with Crippen molar-refractivity contribution in [1.82, 2.24) is 10.3 Å². The molecule has 0 radical (unpaired) electrons. The molecule has 0 saturated carbocycles. The normalized spacial score (nSPS) is 13.6. The summed E-state index contributed by atoms with van der Waals surface area (Å²) < 4.78 is 65.0. The van der Waals surface area contributed by atoms with Crippen molar-refractivity contribution in [2.75, 3.05) is 13.9 Å². The fourth-order valence-electron chi connectivity index (χ4n) is 3.40. The van der Waals surface area contributed by atoms with Gasteiger partial charge in [-0.05, 0) is 44.0 Å². The van der Waals surface area contributed by atoms with E-state index in [0.29, 0.717) is 0 Å². The van der Waals surface area contributed by atoms with Crippen molar-refractivity contribution in [2.24, 2.45) is 5.92 Å². The smallest absolute Gasteiger partial charge is 0.416 e. The van der Waals surface area contributed by atoms with E-state index in [9.17, 15) is 27.6 Å². The Hall–Kier alpha value is -4.03. The number of rotatable bonds is 12. The summed E-state index contributed by atoms with van der Waals surface area (Å²) in [6.07, 6.45) is -4.70. The first-order valence-electron chi connectivity index (χ1n) is 11.9. The molecule has 13 heteroatoms. The largest absolute Gasteiger partial charge is 0.493 e. The van der Waals surface area contributed by atoms with Crippen LogP contribution in [0.1, 0.15) is 50.7 Å². The van der Waals surface area contributed by atoms with Crippen LogP contribution in [-0.4, -0.2) is 55.0 Å². The van der Waals surface area contributed by atoms with Gasteiger partial charge in [-0.15, -0.1) is 0 Å². The minimum atomic E-state index is -4.48. The summed E-state index contributed by atoms with van der Waals surface area (Å²) in [5.74, 6) is -2.19. The predicted octanol–water partition coefficient (Wildman–Crippen LogP) is 4.16. The third-order valence-corrected chi connectivity index (χ3v) is 5.35. The molecule has 10 nitrogen and oxygen atoms in total. The van der Waals surface area contributed by atoms with E-state index in [1.165, 1.54) is 45.4 Å². The molecule has 1 heterocycles. The summed E-state index contributed by atoms with van der Waals surface area (Å²) in [4.78, 5) is 40.8. The van der Waals surface area contributed by atoms with E-state index in [-0.39, 0.29) is 28.9 Å². The van der Waals surface area contributed by atoms with Crippen LogP contribution in [0.2, 0.25) is 0 Å². The maximum absolute atomic E-state index is 12.9. The standard InChI is InChI=1S/C26H31F3N2O8/c1-14(2)22(16(4)38-19-9-7-18(8-10-19)26(27,28)29)39-25(34)15(3)31-24(33)21-23(37-13-36-17(5)32)20(35-6)11-12-30-21/h7-12,14-16,22H,13H2,1-6H3,(H,31,33)/t15-,16-,22?/m0/s1. The zero-order valence-electron chi connectivity index (χ0n) is 22.3. The Bertz CT molecular complexity index is 1140. The quantitative estimate of drug-likeness (QED) is 0.303. The molecule has 3 atom stereocenters. The van der Waals surface area contributed by atoms with Crippen molar-refractivity contribution in [2.45, 2.75) is 59.0 Å². The molecule has 0 aliphatic carbocycles. The van der Waals surface area contributed by atoms with Crippen molar-refractivity contribution in [3.8, 4) is 17.2 Å². The molecule has 0 fully saturated rings. The van der Waals surface area contributed by atoms with Crippen LogP contribution in [0.4, 0.5) is 13.2 Å². The second-order valence-electron chi connectivity index (χ2n) is 8.77. The van der Waals surface area contributed by atoms with E-state index in [1.54, 1.807) is 20.8 Å². The molecule has 2 aromatic rings. The first-order valence-corrected chi connectivity index (χ1v) is 11.9. The van der Waals surface area contributed by atoms with E-state index >= 15 is 0 Å². The number of esters is 2. The zero-order valence-corrected chi connectivity index (χ0v) is 22.3. The molecular weight excluding hydrogens is 525 g/mol. The number of aromatic nitrogens is 1. The average Bonchev–Trinajstić information content (AvgIpc) is 2.86. The number of halogens is 3. The summed E-state index contributed by atoms with van der Waals surface area (Å²) in [5.41, 5.74) is -1.04. The lowest BCUT2D eigenvalue weighted by atomic mass is 10.0. The number of hydrogen-bond acceptors (Lipinski definition) is 9. The SMILES string of the molecule is COc1ccnc(C(=O)N[C@@H](C)C(=O)OC(C(C)C)[C@H](C)Oc2ccc(C(F)(F)F)cc2)c1OCOC(C)=O. The van der Waals surface area contributed by atoms with E-state index in [2.05, 4.69) is 10.3 Å². The molecule has 0 bridgehead atoms. The van der Waals surface area contributed by atoms with E-state index < -0.39 is 54.6 Å². The van der Waals surface area contributed by atoms with Crippen LogP contribution in [0.5, 0.6) is 17.2 Å². The van der Waals surface area contributed by atoms with Gasteiger partial charge in [0, 0.05) is 19.2 Å². The van der Waals surface area contributed by atoms with Crippen LogP contribution in [0.3, 0.4) is 0 Å². The molecule has 1 unspecified atom stereocenters. The average molecular weight is 557 g/mol. The Morgan fingerprint density at radius 1 is 1.03 bits per heavy atom. The summed E-state index contributed by atoms with van der Waals surface area (Å²) in [6.45, 7) is 7.26. The third-order valence-electron chi connectivity index (χ3n) is 5.35. The van der Waals surface area contributed by atoms with Gasteiger partial charge >= 0.3 is 18.1 Å². The van der Waals surface area contributed by atoms with Gasteiger partial charge in [0.15, 0.2) is 17.2 Å². The highest BCUT2D eigenvalue weighted by atomic mass is 19.4. The fraction of sp³-hybridized carbons (Fsp3) is 0.462. The molecule has 0 aliphatic rings. The Labute approximate surface area is 223 Å². The molecule has 0 aliphatic heterocycles. The van der Waals surface area contributed by atoms with Crippen LogP contribution >= 0.6 is 0 Å². The van der Waals surface area contributed by atoms with Crippen LogP contribution in [-0.2, 0) is 25.2 Å². The van der Waals surface area contributed by atoms with Crippen LogP contribution in [0.15, 0.2) is 36.5 Å². The van der Waals surface area contributed by atoms with Gasteiger partial charge in [0.05, 0.1) is 12.7 Å². The molecule has 0 saturated heterocycles. The molecule has 39 heavy (non-hydrogen) atoms. The van der Waals surface area contributed by atoms with Gasteiger partial charge in [0.25, 0.3) is 5.91 Å². The second kappa shape index (κ2) is 13.7. The maximum Gasteiger partial charge on any atom is 0.416 e. The molecular formula is C26H31F3N2O8. The molecule has 0 spiro atoms. The summed E-state index contributed by atoms with van der Waals surface area (Å²) >= 11 is 0. The maximum atomic E-state index is 12.9. The predicted molar refractivity (Wildman–Crippen MR) is 131 cm³/mol. The molecule has 1 aromatic carbocycles. The molecule has 214 valence electrons.